The highest BCUT2D eigenvalue weighted by Gasteiger charge is 2.14. The van der Waals surface area contributed by atoms with E-state index in [4.69, 9.17) is 0 Å². The standard InChI is InChI=1S/C12H13BrN2S/c1-14-11(12-10(13)4-6-16-12)7-9-3-2-5-15-8-9/h2-6,8,11,14H,7H2,1H3. The minimum Gasteiger partial charge on any atom is -0.312 e. The lowest BCUT2D eigenvalue weighted by Gasteiger charge is -2.15. The Hall–Kier alpha value is -0.710. The van der Waals surface area contributed by atoms with Crippen LogP contribution in [0.5, 0.6) is 0 Å². The van der Waals surface area contributed by atoms with Crippen molar-refractivity contribution in [3.63, 3.8) is 0 Å². The second-order valence-corrected chi connectivity index (χ2v) is 5.34. The van der Waals surface area contributed by atoms with Gasteiger partial charge in [-0.15, -0.1) is 11.3 Å². The molecule has 16 heavy (non-hydrogen) atoms. The van der Waals surface area contributed by atoms with E-state index in [0.29, 0.717) is 6.04 Å². The molecule has 2 nitrogen and oxygen atoms in total. The van der Waals surface area contributed by atoms with Gasteiger partial charge in [-0.2, -0.15) is 0 Å². The Morgan fingerprint density at radius 1 is 1.50 bits per heavy atom. The van der Waals surface area contributed by atoms with E-state index in [1.54, 1.807) is 17.5 Å². The highest BCUT2D eigenvalue weighted by Crippen LogP contribution is 2.30. The third-order valence-electron chi connectivity index (χ3n) is 2.47. The van der Waals surface area contributed by atoms with Crippen LogP contribution in [0.3, 0.4) is 0 Å². The lowest BCUT2D eigenvalue weighted by molar-refractivity contribution is 0.599. The molecule has 1 atom stereocenters. The van der Waals surface area contributed by atoms with Crippen LogP contribution in [0, 0.1) is 0 Å². The number of hydrogen-bond acceptors (Lipinski definition) is 3. The van der Waals surface area contributed by atoms with Crippen LogP contribution >= 0.6 is 27.3 Å². The lowest BCUT2D eigenvalue weighted by Crippen LogP contribution is -2.18. The van der Waals surface area contributed by atoms with E-state index in [1.807, 2.05) is 19.3 Å². The SMILES string of the molecule is CNC(Cc1cccnc1)c1sccc1Br. The average molecular weight is 297 g/mol. The fourth-order valence-electron chi connectivity index (χ4n) is 1.63. The van der Waals surface area contributed by atoms with Gasteiger partial charge in [0.2, 0.25) is 0 Å². The van der Waals surface area contributed by atoms with Crippen LogP contribution in [0.4, 0.5) is 0 Å². The topological polar surface area (TPSA) is 24.9 Å². The van der Waals surface area contributed by atoms with Crippen LogP contribution in [0.15, 0.2) is 40.4 Å². The smallest absolute Gasteiger partial charge is 0.0465 e. The number of thiophene rings is 1. The molecule has 0 aromatic carbocycles. The normalized spacial score (nSPS) is 12.6. The highest BCUT2D eigenvalue weighted by molar-refractivity contribution is 9.10. The van der Waals surface area contributed by atoms with Gasteiger partial charge in [-0.05, 0) is 52.5 Å². The van der Waals surface area contributed by atoms with E-state index in [0.717, 1.165) is 6.42 Å². The van der Waals surface area contributed by atoms with Gasteiger partial charge in [-0.25, -0.2) is 0 Å². The summed E-state index contributed by atoms with van der Waals surface area (Å²) in [5.74, 6) is 0. The number of nitrogens with one attached hydrogen (secondary N) is 1. The number of halogens is 1. The zero-order valence-electron chi connectivity index (χ0n) is 8.98. The first-order valence-corrected chi connectivity index (χ1v) is 6.77. The summed E-state index contributed by atoms with van der Waals surface area (Å²) < 4.78 is 1.18. The Labute approximate surface area is 108 Å². The maximum Gasteiger partial charge on any atom is 0.0465 e. The molecular weight excluding hydrogens is 284 g/mol. The molecule has 4 heteroatoms. The minimum atomic E-state index is 0.346. The largest absolute Gasteiger partial charge is 0.312 e. The second-order valence-electron chi connectivity index (χ2n) is 3.54. The van der Waals surface area contributed by atoms with Gasteiger partial charge in [-0.1, -0.05) is 6.07 Å². The summed E-state index contributed by atoms with van der Waals surface area (Å²) in [6, 6.07) is 6.52. The first-order chi connectivity index (χ1) is 7.81. The van der Waals surface area contributed by atoms with Gasteiger partial charge >= 0.3 is 0 Å². The summed E-state index contributed by atoms with van der Waals surface area (Å²) in [6.45, 7) is 0. The lowest BCUT2D eigenvalue weighted by atomic mass is 10.1. The van der Waals surface area contributed by atoms with Crippen molar-refractivity contribution in [2.24, 2.45) is 0 Å². The van der Waals surface area contributed by atoms with Gasteiger partial charge in [0.05, 0.1) is 0 Å². The summed E-state index contributed by atoms with van der Waals surface area (Å²) in [7, 11) is 1.99. The second kappa shape index (κ2) is 5.57. The Kier molecular flexibility index (Phi) is 4.09. The molecule has 0 saturated heterocycles. The number of hydrogen-bond donors (Lipinski definition) is 1. The van der Waals surface area contributed by atoms with Gasteiger partial charge in [0.1, 0.15) is 0 Å². The van der Waals surface area contributed by atoms with E-state index in [9.17, 15) is 0 Å². The van der Waals surface area contributed by atoms with Crippen molar-refractivity contribution in [1.29, 1.82) is 0 Å². The Bertz CT molecular complexity index is 441. The van der Waals surface area contributed by atoms with Crippen molar-refractivity contribution in [3.8, 4) is 0 Å². The van der Waals surface area contributed by atoms with Crippen LogP contribution in [0.25, 0.3) is 0 Å². The molecule has 1 N–H and O–H groups in total. The van der Waals surface area contributed by atoms with Crippen molar-refractivity contribution in [2.75, 3.05) is 7.05 Å². The third-order valence-corrected chi connectivity index (χ3v) is 4.46. The van der Waals surface area contributed by atoms with Gasteiger partial charge in [0.15, 0.2) is 0 Å². The molecular formula is C12H13BrN2S. The van der Waals surface area contributed by atoms with Crippen molar-refractivity contribution in [2.45, 2.75) is 12.5 Å². The van der Waals surface area contributed by atoms with Crippen molar-refractivity contribution < 1.29 is 0 Å². The molecule has 2 aromatic rings. The van der Waals surface area contributed by atoms with Gasteiger partial charge in [0.25, 0.3) is 0 Å². The van der Waals surface area contributed by atoms with Crippen LogP contribution in [-0.2, 0) is 6.42 Å². The molecule has 0 aliphatic rings. The van der Waals surface area contributed by atoms with Gasteiger partial charge in [-0.3, -0.25) is 4.98 Å². The molecule has 2 rings (SSSR count). The van der Waals surface area contributed by atoms with E-state index in [-0.39, 0.29) is 0 Å². The van der Waals surface area contributed by atoms with E-state index in [2.05, 4.69) is 43.7 Å². The summed E-state index contributed by atoms with van der Waals surface area (Å²) in [5, 5.41) is 5.45. The summed E-state index contributed by atoms with van der Waals surface area (Å²) in [6.07, 6.45) is 4.69. The van der Waals surface area contributed by atoms with E-state index >= 15 is 0 Å². The van der Waals surface area contributed by atoms with E-state index in [1.165, 1.54) is 14.9 Å². The number of likely N-dealkylation sites (N-methyl/N-ethyl adjacent to an activating group) is 1. The summed E-state index contributed by atoms with van der Waals surface area (Å²) >= 11 is 5.35. The predicted molar refractivity (Wildman–Crippen MR) is 71.8 cm³/mol. The molecule has 0 aliphatic heterocycles. The van der Waals surface area contributed by atoms with Crippen molar-refractivity contribution in [3.05, 3.63) is 50.9 Å². The monoisotopic (exact) mass is 296 g/mol. The minimum absolute atomic E-state index is 0.346. The molecule has 2 aromatic heterocycles. The van der Waals surface area contributed by atoms with Crippen molar-refractivity contribution >= 4 is 27.3 Å². The van der Waals surface area contributed by atoms with Crippen LogP contribution in [0.2, 0.25) is 0 Å². The zero-order valence-corrected chi connectivity index (χ0v) is 11.4. The first-order valence-electron chi connectivity index (χ1n) is 5.10. The van der Waals surface area contributed by atoms with Crippen molar-refractivity contribution in [1.82, 2.24) is 10.3 Å². The van der Waals surface area contributed by atoms with Crippen LogP contribution in [-0.4, -0.2) is 12.0 Å². The summed E-state index contributed by atoms with van der Waals surface area (Å²) in [5.41, 5.74) is 1.25. The molecule has 0 spiro atoms. The molecule has 0 bridgehead atoms. The molecule has 0 amide bonds. The van der Waals surface area contributed by atoms with Crippen LogP contribution < -0.4 is 5.32 Å². The van der Waals surface area contributed by atoms with Crippen LogP contribution in [0.1, 0.15) is 16.5 Å². The molecule has 0 saturated carbocycles. The molecule has 1 unspecified atom stereocenters. The van der Waals surface area contributed by atoms with Gasteiger partial charge < -0.3 is 5.32 Å². The fourth-order valence-corrected chi connectivity index (χ4v) is 3.40. The zero-order chi connectivity index (χ0) is 11.4. The highest BCUT2D eigenvalue weighted by atomic mass is 79.9. The number of pyridine rings is 1. The quantitative estimate of drug-likeness (QED) is 0.935. The first kappa shape index (κ1) is 11.8. The third kappa shape index (κ3) is 2.70. The Balaban J connectivity index is 2.16. The predicted octanol–water partition coefficient (Wildman–Crippen LogP) is 3.41. The molecule has 84 valence electrons. The van der Waals surface area contributed by atoms with E-state index < -0.39 is 0 Å². The number of nitrogens with zero attached hydrogens (tertiary/aromatic N) is 1. The fraction of sp³-hybridized carbons (Fsp3) is 0.250. The molecule has 2 heterocycles. The Morgan fingerprint density at radius 2 is 2.38 bits per heavy atom. The summed E-state index contributed by atoms with van der Waals surface area (Å²) in [4.78, 5) is 5.48. The molecule has 0 fully saturated rings. The Morgan fingerprint density at radius 3 is 2.94 bits per heavy atom. The average Bonchev–Trinajstić information content (AvgIpc) is 2.74. The number of rotatable bonds is 4. The number of aromatic nitrogens is 1. The molecule has 0 aliphatic carbocycles. The maximum atomic E-state index is 4.14. The maximum absolute atomic E-state index is 4.14. The molecule has 0 radical (unpaired) electrons. The van der Waals surface area contributed by atoms with Gasteiger partial charge in [0, 0.05) is 27.8 Å².